The largest absolute Gasteiger partial charge is 0.495 e. The van der Waals surface area contributed by atoms with Gasteiger partial charge in [0, 0.05) is 21.4 Å². The molecule has 0 radical (unpaired) electrons. The van der Waals surface area contributed by atoms with E-state index in [1.165, 1.54) is 11.8 Å². The first kappa shape index (κ1) is 21.1. The van der Waals surface area contributed by atoms with Gasteiger partial charge >= 0.3 is 0 Å². The van der Waals surface area contributed by atoms with Gasteiger partial charge < -0.3 is 4.74 Å². The molecule has 4 nitrogen and oxygen atoms in total. The summed E-state index contributed by atoms with van der Waals surface area (Å²) in [5, 5.41) is 11.3. The molecule has 0 atom stereocenters. The summed E-state index contributed by atoms with van der Waals surface area (Å²) in [7, 11) is 1.59. The van der Waals surface area contributed by atoms with Gasteiger partial charge in [0.1, 0.15) is 5.75 Å². The van der Waals surface area contributed by atoms with E-state index in [1.807, 2.05) is 65.2 Å². The van der Waals surface area contributed by atoms with Gasteiger partial charge in [-0.1, -0.05) is 83.0 Å². The van der Waals surface area contributed by atoms with Crippen molar-refractivity contribution in [1.29, 1.82) is 0 Å². The summed E-state index contributed by atoms with van der Waals surface area (Å²) in [6.45, 7) is 0. The third kappa shape index (κ3) is 4.44. The Kier molecular flexibility index (Phi) is 6.54. The van der Waals surface area contributed by atoms with Crippen LogP contribution in [0.2, 0.25) is 15.1 Å². The Hall–Kier alpha value is -2.18. The molecule has 4 aromatic rings. The van der Waals surface area contributed by atoms with Gasteiger partial charge in [-0.3, -0.25) is 4.57 Å². The highest BCUT2D eigenvalue weighted by molar-refractivity contribution is 7.98. The molecule has 152 valence electrons. The van der Waals surface area contributed by atoms with Gasteiger partial charge in [0.05, 0.1) is 17.8 Å². The minimum atomic E-state index is 0.513. The molecule has 0 unspecified atom stereocenters. The van der Waals surface area contributed by atoms with Crippen LogP contribution in [0, 0.1) is 0 Å². The molecule has 1 aromatic heterocycles. The molecule has 0 aliphatic carbocycles. The van der Waals surface area contributed by atoms with Gasteiger partial charge in [-0.25, -0.2) is 0 Å². The molecular weight excluding hydrogens is 461 g/mol. The van der Waals surface area contributed by atoms with Crippen molar-refractivity contribution >= 4 is 46.6 Å². The Morgan fingerprint density at radius 2 is 1.70 bits per heavy atom. The van der Waals surface area contributed by atoms with Crippen LogP contribution in [0.3, 0.4) is 0 Å². The lowest BCUT2D eigenvalue weighted by molar-refractivity contribution is 0.415. The summed E-state index contributed by atoms with van der Waals surface area (Å²) in [4.78, 5) is 0. The fourth-order valence-corrected chi connectivity index (χ4v) is 4.71. The van der Waals surface area contributed by atoms with E-state index >= 15 is 0 Å². The SMILES string of the molecule is COc1ccc(-n2c(SCc3ccc(Cl)cc3Cl)nnc2-c2ccccc2)cc1Cl. The number of ether oxygens (including phenoxy) is 1. The molecule has 3 aromatic carbocycles. The second kappa shape index (κ2) is 9.31. The number of hydrogen-bond acceptors (Lipinski definition) is 4. The summed E-state index contributed by atoms with van der Waals surface area (Å²) in [6, 6.07) is 21.0. The number of rotatable bonds is 6. The van der Waals surface area contributed by atoms with Crippen molar-refractivity contribution in [3.05, 3.63) is 87.4 Å². The molecule has 0 spiro atoms. The molecule has 4 rings (SSSR count). The number of thioether (sulfide) groups is 1. The van der Waals surface area contributed by atoms with E-state index in [9.17, 15) is 0 Å². The zero-order valence-electron chi connectivity index (χ0n) is 15.8. The second-order valence-corrected chi connectivity index (χ2v) is 8.54. The predicted octanol–water partition coefficient (Wildman–Crippen LogP) is 7.20. The number of hydrogen-bond donors (Lipinski definition) is 0. The summed E-state index contributed by atoms with van der Waals surface area (Å²) in [5.74, 6) is 1.95. The van der Waals surface area contributed by atoms with Crippen molar-refractivity contribution in [2.75, 3.05) is 7.11 Å². The van der Waals surface area contributed by atoms with Crippen LogP contribution in [-0.2, 0) is 5.75 Å². The van der Waals surface area contributed by atoms with Gasteiger partial charge in [0.25, 0.3) is 0 Å². The van der Waals surface area contributed by atoms with Crippen molar-refractivity contribution in [3.8, 4) is 22.8 Å². The fraction of sp³-hybridized carbons (Fsp3) is 0.0909. The number of methoxy groups -OCH3 is 1. The highest BCUT2D eigenvalue weighted by atomic mass is 35.5. The molecule has 30 heavy (non-hydrogen) atoms. The number of halogens is 3. The van der Waals surface area contributed by atoms with Gasteiger partial charge in [-0.15, -0.1) is 10.2 Å². The van der Waals surface area contributed by atoms with E-state index in [1.54, 1.807) is 13.2 Å². The normalized spacial score (nSPS) is 10.9. The van der Waals surface area contributed by atoms with Crippen LogP contribution >= 0.6 is 46.6 Å². The van der Waals surface area contributed by atoms with Crippen molar-refractivity contribution in [3.63, 3.8) is 0 Å². The third-order valence-electron chi connectivity index (χ3n) is 4.43. The van der Waals surface area contributed by atoms with Crippen LogP contribution in [0.25, 0.3) is 17.1 Å². The number of nitrogens with zero attached hydrogens (tertiary/aromatic N) is 3. The van der Waals surface area contributed by atoms with Crippen molar-refractivity contribution < 1.29 is 4.74 Å². The van der Waals surface area contributed by atoms with Crippen LogP contribution in [0.1, 0.15) is 5.56 Å². The summed E-state index contributed by atoms with van der Waals surface area (Å²) < 4.78 is 7.27. The molecule has 0 aliphatic rings. The molecule has 0 fully saturated rings. The Morgan fingerprint density at radius 1 is 0.900 bits per heavy atom. The van der Waals surface area contributed by atoms with Crippen LogP contribution in [0.5, 0.6) is 5.75 Å². The Labute approximate surface area is 193 Å². The van der Waals surface area contributed by atoms with Crippen LogP contribution < -0.4 is 4.74 Å². The molecule has 0 saturated heterocycles. The third-order valence-corrected chi connectivity index (χ3v) is 6.29. The zero-order chi connectivity index (χ0) is 21.1. The molecule has 8 heteroatoms. The monoisotopic (exact) mass is 475 g/mol. The first-order valence-corrected chi connectivity index (χ1v) is 11.1. The summed E-state index contributed by atoms with van der Waals surface area (Å²) in [5.41, 5.74) is 2.76. The second-order valence-electron chi connectivity index (χ2n) is 6.35. The zero-order valence-corrected chi connectivity index (χ0v) is 18.9. The lowest BCUT2D eigenvalue weighted by Crippen LogP contribution is -2.00. The van der Waals surface area contributed by atoms with Gasteiger partial charge in [0.15, 0.2) is 11.0 Å². The maximum absolute atomic E-state index is 6.39. The van der Waals surface area contributed by atoms with Gasteiger partial charge in [-0.2, -0.15) is 0 Å². The highest BCUT2D eigenvalue weighted by Gasteiger charge is 2.18. The Balaban J connectivity index is 1.75. The van der Waals surface area contributed by atoms with E-state index in [-0.39, 0.29) is 0 Å². The lowest BCUT2D eigenvalue weighted by Gasteiger charge is -2.12. The van der Waals surface area contributed by atoms with Gasteiger partial charge in [0.2, 0.25) is 0 Å². The van der Waals surface area contributed by atoms with Crippen LogP contribution in [-0.4, -0.2) is 21.9 Å². The van der Waals surface area contributed by atoms with E-state index < -0.39 is 0 Å². The first-order chi connectivity index (χ1) is 14.6. The quantitative estimate of drug-likeness (QED) is 0.276. The van der Waals surface area contributed by atoms with Crippen molar-refractivity contribution in [2.24, 2.45) is 0 Å². The molecule has 0 aliphatic heterocycles. The average Bonchev–Trinajstić information content (AvgIpc) is 3.17. The van der Waals surface area contributed by atoms with Crippen LogP contribution in [0.4, 0.5) is 0 Å². The predicted molar refractivity (Wildman–Crippen MR) is 124 cm³/mol. The molecule has 0 N–H and O–H groups in total. The topological polar surface area (TPSA) is 39.9 Å². The lowest BCUT2D eigenvalue weighted by atomic mass is 10.2. The minimum absolute atomic E-state index is 0.513. The van der Waals surface area contributed by atoms with E-state index in [2.05, 4.69) is 10.2 Å². The molecule has 0 saturated carbocycles. The first-order valence-electron chi connectivity index (χ1n) is 8.98. The Bertz CT molecular complexity index is 1180. The minimum Gasteiger partial charge on any atom is -0.495 e. The van der Waals surface area contributed by atoms with E-state index in [4.69, 9.17) is 39.5 Å². The highest BCUT2D eigenvalue weighted by Crippen LogP contribution is 2.34. The summed E-state index contributed by atoms with van der Waals surface area (Å²) in [6.07, 6.45) is 0. The molecule has 0 bridgehead atoms. The maximum atomic E-state index is 6.39. The molecular formula is C22H16Cl3N3OS. The average molecular weight is 477 g/mol. The van der Waals surface area contributed by atoms with Crippen molar-refractivity contribution in [1.82, 2.24) is 14.8 Å². The Morgan fingerprint density at radius 3 is 2.40 bits per heavy atom. The van der Waals surface area contributed by atoms with E-state index in [0.29, 0.717) is 26.6 Å². The summed E-state index contributed by atoms with van der Waals surface area (Å²) >= 11 is 20.3. The number of aromatic nitrogens is 3. The smallest absolute Gasteiger partial charge is 0.196 e. The van der Waals surface area contributed by atoms with Crippen LogP contribution in [0.15, 0.2) is 71.9 Å². The molecule has 0 amide bonds. The standard InChI is InChI=1S/C22H16Cl3N3OS/c1-29-20-10-9-17(12-19(20)25)28-21(14-5-3-2-4-6-14)26-27-22(28)30-13-15-7-8-16(23)11-18(15)24/h2-12H,13H2,1H3. The molecule has 1 heterocycles. The van der Waals surface area contributed by atoms with E-state index in [0.717, 1.165) is 27.8 Å². The fourth-order valence-electron chi connectivity index (χ4n) is 2.95. The number of benzene rings is 3. The van der Waals surface area contributed by atoms with Crippen molar-refractivity contribution in [2.45, 2.75) is 10.9 Å². The maximum Gasteiger partial charge on any atom is 0.196 e. The van der Waals surface area contributed by atoms with Gasteiger partial charge in [-0.05, 0) is 35.9 Å².